The lowest BCUT2D eigenvalue weighted by Gasteiger charge is -2.37. The molecular weight excluding hydrogens is 328 g/mol. The number of rotatable bonds is 1. The van der Waals surface area contributed by atoms with Gasteiger partial charge in [0.2, 0.25) is 0 Å². The topological polar surface area (TPSA) is 58.6 Å². The van der Waals surface area contributed by atoms with Gasteiger partial charge < -0.3 is 14.5 Å². The Hall–Kier alpha value is -2.08. The van der Waals surface area contributed by atoms with E-state index in [1.807, 2.05) is 33.0 Å². The molecule has 3 rings (SSSR count). The lowest BCUT2D eigenvalue weighted by molar-refractivity contribution is 0.0240. The third-order valence-electron chi connectivity index (χ3n) is 3.89. The third kappa shape index (κ3) is 3.53. The number of ether oxygens (including phenoxy) is 1. The minimum Gasteiger partial charge on any atom is -0.444 e. The summed E-state index contributed by atoms with van der Waals surface area (Å²) in [5.41, 5.74) is 0.540. The number of fused-ring (bicyclic) bond motifs is 1. The highest BCUT2D eigenvalue weighted by molar-refractivity contribution is 6.34. The predicted octanol–water partition coefficient (Wildman–Crippen LogP) is 3.34. The van der Waals surface area contributed by atoms with Gasteiger partial charge in [-0.15, -0.1) is 0 Å². The first kappa shape index (κ1) is 16.8. The van der Waals surface area contributed by atoms with Crippen LogP contribution < -0.4 is 4.90 Å². The van der Waals surface area contributed by atoms with Crippen LogP contribution >= 0.6 is 11.6 Å². The van der Waals surface area contributed by atoms with Crippen molar-refractivity contribution in [2.45, 2.75) is 26.4 Å². The van der Waals surface area contributed by atoms with E-state index >= 15 is 0 Å². The van der Waals surface area contributed by atoms with E-state index in [1.54, 1.807) is 17.3 Å². The van der Waals surface area contributed by atoms with Crippen molar-refractivity contribution in [3.63, 3.8) is 0 Å². The fourth-order valence-electron chi connectivity index (χ4n) is 2.75. The second-order valence-corrected chi connectivity index (χ2v) is 7.17. The van der Waals surface area contributed by atoms with Crippen LogP contribution in [0, 0.1) is 0 Å². The number of aromatic nitrogens is 2. The Morgan fingerprint density at radius 3 is 2.54 bits per heavy atom. The van der Waals surface area contributed by atoms with E-state index in [9.17, 15) is 4.79 Å². The lowest BCUT2D eigenvalue weighted by atomic mass is 10.1. The maximum atomic E-state index is 12.2. The smallest absolute Gasteiger partial charge is 0.410 e. The van der Waals surface area contributed by atoms with E-state index in [0.29, 0.717) is 18.2 Å². The molecular formula is C17H21ClN4O2. The van der Waals surface area contributed by atoms with Crippen LogP contribution in [0.1, 0.15) is 20.8 Å². The SMILES string of the molecule is CC(C)(C)OC(=O)N1CCN(c2cncc3c(Cl)nccc23)CC1. The molecule has 1 amide bonds. The molecule has 1 aliphatic rings. The van der Waals surface area contributed by atoms with E-state index < -0.39 is 5.60 Å². The van der Waals surface area contributed by atoms with Gasteiger partial charge in [0.15, 0.2) is 0 Å². The third-order valence-corrected chi connectivity index (χ3v) is 4.19. The minimum absolute atomic E-state index is 0.259. The van der Waals surface area contributed by atoms with Crippen LogP contribution in [-0.4, -0.2) is 52.7 Å². The second kappa shape index (κ2) is 6.43. The molecule has 0 bridgehead atoms. The first-order chi connectivity index (χ1) is 11.3. The fourth-order valence-corrected chi connectivity index (χ4v) is 2.96. The van der Waals surface area contributed by atoms with Gasteiger partial charge in [-0.3, -0.25) is 4.98 Å². The number of carbonyl (C=O) groups is 1. The van der Waals surface area contributed by atoms with Crippen molar-refractivity contribution in [1.29, 1.82) is 0 Å². The summed E-state index contributed by atoms with van der Waals surface area (Å²) in [6.07, 6.45) is 5.00. The van der Waals surface area contributed by atoms with Gasteiger partial charge in [-0.25, -0.2) is 9.78 Å². The summed E-state index contributed by atoms with van der Waals surface area (Å²) >= 11 is 6.16. The Bertz CT molecular complexity index is 752. The molecule has 6 nitrogen and oxygen atoms in total. The number of nitrogens with zero attached hydrogens (tertiary/aromatic N) is 4. The summed E-state index contributed by atoms with van der Waals surface area (Å²) in [7, 11) is 0. The number of amides is 1. The van der Waals surface area contributed by atoms with E-state index in [2.05, 4.69) is 14.9 Å². The van der Waals surface area contributed by atoms with Crippen LogP contribution in [0.3, 0.4) is 0 Å². The zero-order chi connectivity index (χ0) is 17.3. The Balaban J connectivity index is 1.74. The van der Waals surface area contributed by atoms with Gasteiger partial charge in [-0.2, -0.15) is 0 Å². The molecule has 0 unspecified atom stereocenters. The van der Waals surface area contributed by atoms with Crippen LogP contribution in [0.2, 0.25) is 5.15 Å². The molecule has 0 atom stereocenters. The molecule has 0 N–H and O–H groups in total. The Kier molecular flexibility index (Phi) is 4.49. The van der Waals surface area contributed by atoms with Gasteiger partial charge in [-0.05, 0) is 26.8 Å². The molecule has 2 aromatic heterocycles. The molecule has 0 aromatic carbocycles. The van der Waals surface area contributed by atoms with Crippen molar-refractivity contribution in [1.82, 2.24) is 14.9 Å². The molecule has 7 heteroatoms. The molecule has 24 heavy (non-hydrogen) atoms. The van der Waals surface area contributed by atoms with Crippen LogP contribution in [0.15, 0.2) is 24.7 Å². The number of hydrogen-bond acceptors (Lipinski definition) is 5. The molecule has 3 heterocycles. The Morgan fingerprint density at radius 1 is 1.17 bits per heavy atom. The summed E-state index contributed by atoms with van der Waals surface area (Å²) in [4.78, 5) is 24.5. The average Bonchev–Trinajstić information content (AvgIpc) is 2.53. The summed E-state index contributed by atoms with van der Waals surface area (Å²) in [5, 5.41) is 2.32. The molecule has 1 saturated heterocycles. The average molecular weight is 349 g/mol. The maximum absolute atomic E-state index is 12.2. The number of pyridine rings is 2. The van der Waals surface area contributed by atoms with Crippen molar-refractivity contribution >= 4 is 34.2 Å². The lowest BCUT2D eigenvalue weighted by Crippen LogP contribution is -2.50. The standard InChI is InChI=1S/C17H21ClN4O2/c1-17(2,3)24-16(23)22-8-6-21(7-9-22)14-11-19-10-13-12(14)4-5-20-15(13)18/h4-5,10-11H,6-9H2,1-3H3. The van der Waals surface area contributed by atoms with E-state index in [1.165, 1.54) is 0 Å². The highest BCUT2D eigenvalue weighted by Crippen LogP contribution is 2.29. The summed E-state index contributed by atoms with van der Waals surface area (Å²) in [5.74, 6) is 0. The van der Waals surface area contributed by atoms with Crippen molar-refractivity contribution in [2.24, 2.45) is 0 Å². The Morgan fingerprint density at radius 2 is 1.88 bits per heavy atom. The van der Waals surface area contributed by atoms with Gasteiger partial charge in [0.1, 0.15) is 10.8 Å². The van der Waals surface area contributed by atoms with Gasteiger partial charge in [0, 0.05) is 49.3 Å². The normalized spacial score (nSPS) is 15.7. The molecule has 2 aromatic rings. The van der Waals surface area contributed by atoms with E-state index in [0.717, 1.165) is 29.5 Å². The van der Waals surface area contributed by atoms with Gasteiger partial charge in [-0.1, -0.05) is 11.6 Å². The number of carbonyl (C=O) groups excluding carboxylic acids is 1. The number of halogens is 1. The highest BCUT2D eigenvalue weighted by atomic mass is 35.5. The maximum Gasteiger partial charge on any atom is 0.410 e. The highest BCUT2D eigenvalue weighted by Gasteiger charge is 2.26. The van der Waals surface area contributed by atoms with Crippen LogP contribution in [-0.2, 0) is 4.74 Å². The number of piperazine rings is 1. The quantitative estimate of drug-likeness (QED) is 0.740. The van der Waals surface area contributed by atoms with Gasteiger partial charge in [0.05, 0.1) is 11.9 Å². The molecule has 0 saturated carbocycles. The fraction of sp³-hybridized carbons (Fsp3) is 0.471. The molecule has 128 valence electrons. The molecule has 0 aliphatic carbocycles. The molecule has 0 radical (unpaired) electrons. The summed E-state index contributed by atoms with van der Waals surface area (Å²) in [6, 6.07) is 1.94. The first-order valence-electron chi connectivity index (χ1n) is 7.96. The number of hydrogen-bond donors (Lipinski definition) is 0. The van der Waals surface area contributed by atoms with Crippen molar-refractivity contribution in [3.05, 3.63) is 29.8 Å². The summed E-state index contributed by atoms with van der Waals surface area (Å²) in [6.45, 7) is 8.30. The molecule has 1 fully saturated rings. The van der Waals surface area contributed by atoms with E-state index in [-0.39, 0.29) is 6.09 Å². The van der Waals surface area contributed by atoms with Crippen LogP contribution in [0.4, 0.5) is 10.5 Å². The monoisotopic (exact) mass is 348 g/mol. The summed E-state index contributed by atoms with van der Waals surface area (Å²) < 4.78 is 5.43. The van der Waals surface area contributed by atoms with Crippen LogP contribution in [0.5, 0.6) is 0 Å². The zero-order valence-electron chi connectivity index (χ0n) is 14.1. The predicted molar refractivity (Wildman–Crippen MR) is 94.6 cm³/mol. The number of anilines is 1. The van der Waals surface area contributed by atoms with Crippen molar-refractivity contribution in [3.8, 4) is 0 Å². The van der Waals surface area contributed by atoms with Gasteiger partial charge >= 0.3 is 6.09 Å². The molecule has 0 spiro atoms. The largest absolute Gasteiger partial charge is 0.444 e. The van der Waals surface area contributed by atoms with Crippen molar-refractivity contribution in [2.75, 3.05) is 31.1 Å². The van der Waals surface area contributed by atoms with Gasteiger partial charge in [0.25, 0.3) is 0 Å². The molecule has 1 aliphatic heterocycles. The Labute approximate surface area is 146 Å². The van der Waals surface area contributed by atoms with E-state index in [4.69, 9.17) is 16.3 Å². The van der Waals surface area contributed by atoms with Crippen molar-refractivity contribution < 1.29 is 9.53 Å². The zero-order valence-corrected chi connectivity index (χ0v) is 14.9. The second-order valence-electron chi connectivity index (χ2n) is 6.81. The minimum atomic E-state index is -0.475. The van der Waals surface area contributed by atoms with Crippen LogP contribution in [0.25, 0.3) is 10.8 Å². The first-order valence-corrected chi connectivity index (χ1v) is 8.34.